The van der Waals surface area contributed by atoms with E-state index in [0.29, 0.717) is 36.5 Å². The number of hydrogen-bond acceptors (Lipinski definition) is 7. The van der Waals surface area contributed by atoms with E-state index >= 15 is 0 Å². The van der Waals surface area contributed by atoms with Gasteiger partial charge < -0.3 is 14.6 Å². The molecule has 172 valence electrons. The number of benzene rings is 1. The normalized spacial score (nSPS) is 17.3. The summed E-state index contributed by atoms with van der Waals surface area (Å²) in [6.45, 7) is 5.57. The Kier molecular flexibility index (Phi) is 7.21. The molecule has 0 spiro atoms. The maximum atomic E-state index is 13.0. The van der Waals surface area contributed by atoms with E-state index in [0.717, 1.165) is 18.7 Å². The predicted octanol–water partition coefficient (Wildman–Crippen LogP) is 2.75. The van der Waals surface area contributed by atoms with Crippen molar-refractivity contribution in [2.45, 2.75) is 35.4 Å². The predicted molar refractivity (Wildman–Crippen MR) is 123 cm³/mol. The molecule has 12 heteroatoms. The molecular weight excluding hydrogens is 474 g/mol. The highest BCUT2D eigenvalue weighted by Gasteiger charge is 2.31. The van der Waals surface area contributed by atoms with Crippen molar-refractivity contribution >= 4 is 45.0 Å². The van der Waals surface area contributed by atoms with E-state index in [1.165, 1.54) is 28.2 Å². The highest BCUT2D eigenvalue weighted by molar-refractivity contribution is 7.99. The molecule has 32 heavy (non-hydrogen) atoms. The van der Waals surface area contributed by atoms with Crippen LogP contribution in [0.1, 0.15) is 24.6 Å². The Morgan fingerprint density at radius 2 is 2.06 bits per heavy atom. The van der Waals surface area contributed by atoms with Gasteiger partial charge in [-0.25, -0.2) is 8.42 Å². The Balaban J connectivity index is 1.43. The molecule has 1 aromatic heterocycles. The summed E-state index contributed by atoms with van der Waals surface area (Å²) >= 11 is 7.46. The highest BCUT2D eigenvalue weighted by Crippen LogP contribution is 2.40. The molecule has 4 rings (SSSR count). The van der Waals surface area contributed by atoms with Crippen LogP contribution >= 0.6 is 23.4 Å². The molecule has 0 bridgehead atoms. The summed E-state index contributed by atoms with van der Waals surface area (Å²) in [6.07, 6.45) is 3.99. The second kappa shape index (κ2) is 9.92. The summed E-state index contributed by atoms with van der Waals surface area (Å²) in [4.78, 5) is 12.5. The lowest BCUT2D eigenvalue weighted by atomic mass is 10.3. The second-order valence-corrected chi connectivity index (χ2v) is 10.8. The van der Waals surface area contributed by atoms with Gasteiger partial charge in [0.25, 0.3) is 0 Å². The van der Waals surface area contributed by atoms with Crippen molar-refractivity contribution in [1.29, 1.82) is 0 Å². The van der Waals surface area contributed by atoms with E-state index in [1.54, 1.807) is 12.1 Å². The lowest BCUT2D eigenvalue weighted by Crippen LogP contribution is -2.40. The number of ether oxygens (including phenoxy) is 1. The molecule has 1 aliphatic carbocycles. The molecule has 0 atom stereocenters. The van der Waals surface area contributed by atoms with Crippen LogP contribution in [0.15, 0.2) is 40.9 Å². The Hall–Kier alpha value is -1.92. The van der Waals surface area contributed by atoms with Crippen molar-refractivity contribution in [3.05, 3.63) is 41.7 Å². The van der Waals surface area contributed by atoms with Crippen LogP contribution in [0.5, 0.6) is 0 Å². The Labute approximate surface area is 196 Å². The van der Waals surface area contributed by atoms with Crippen molar-refractivity contribution in [3.8, 4) is 0 Å². The molecule has 2 aromatic rings. The fourth-order valence-corrected chi connectivity index (χ4v) is 6.05. The number of sulfonamides is 1. The van der Waals surface area contributed by atoms with Gasteiger partial charge in [-0.05, 0) is 31.0 Å². The molecule has 2 fully saturated rings. The fourth-order valence-electron chi connectivity index (χ4n) is 3.38. The van der Waals surface area contributed by atoms with Gasteiger partial charge >= 0.3 is 0 Å². The average molecular weight is 498 g/mol. The first-order valence-corrected chi connectivity index (χ1v) is 13.0. The van der Waals surface area contributed by atoms with Gasteiger partial charge in [-0.2, -0.15) is 4.31 Å². The highest BCUT2D eigenvalue weighted by atomic mass is 35.5. The smallest absolute Gasteiger partial charge is 0.244 e. The van der Waals surface area contributed by atoms with E-state index in [-0.39, 0.29) is 34.7 Å². The zero-order chi connectivity index (χ0) is 22.7. The minimum atomic E-state index is -3.78. The van der Waals surface area contributed by atoms with Crippen LogP contribution in [0.3, 0.4) is 0 Å². The first kappa shape index (κ1) is 23.2. The number of morpholine rings is 1. The van der Waals surface area contributed by atoms with Gasteiger partial charge in [0.05, 0.1) is 24.0 Å². The topological polar surface area (TPSA) is 106 Å². The number of hydrogen-bond donors (Lipinski definition) is 1. The van der Waals surface area contributed by atoms with Crippen LogP contribution in [-0.2, 0) is 26.1 Å². The standard InChI is InChI=1S/C20H24ClN5O4S2/c1-2-7-26-19(14-3-4-14)23-24-20(26)31-13-18(27)22-15-5-6-16(21)17(12-15)32(28,29)25-8-10-30-11-9-25/h2,5-6,12,14H,1,3-4,7-11,13H2,(H,22,27). The number of rotatable bonds is 9. The Bertz CT molecular complexity index is 1110. The number of thioether (sulfide) groups is 1. The fraction of sp³-hybridized carbons (Fsp3) is 0.450. The van der Waals surface area contributed by atoms with Crippen LogP contribution in [0.25, 0.3) is 0 Å². The van der Waals surface area contributed by atoms with Crippen molar-refractivity contribution in [2.75, 3.05) is 37.4 Å². The van der Waals surface area contributed by atoms with Crippen LogP contribution in [0.4, 0.5) is 5.69 Å². The van der Waals surface area contributed by atoms with Crippen molar-refractivity contribution in [2.24, 2.45) is 0 Å². The number of allylic oxidation sites excluding steroid dienone is 1. The van der Waals surface area contributed by atoms with Gasteiger partial charge in [0.2, 0.25) is 15.9 Å². The summed E-state index contributed by atoms with van der Waals surface area (Å²) in [5.74, 6) is 1.19. The lowest BCUT2D eigenvalue weighted by Gasteiger charge is -2.26. The van der Waals surface area contributed by atoms with Gasteiger partial charge in [-0.15, -0.1) is 16.8 Å². The molecule has 1 N–H and O–H groups in total. The Morgan fingerprint density at radius 3 is 2.75 bits per heavy atom. The number of halogens is 1. The maximum Gasteiger partial charge on any atom is 0.244 e. The third-order valence-corrected chi connectivity index (χ3v) is 8.48. The van der Waals surface area contributed by atoms with E-state index in [9.17, 15) is 13.2 Å². The molecule has 1 saturated carbocycles. The van der Waals surface area contributed by atoms with E-state index in [1.807, 2.05) is 4.57 Å². The minimum Gasteiger partial charge on any atom is -0.379 e. The molecule has 1 aliphatic heterocycles. The minimum absolute atomic E-state index is 0.0358. The maximum absolute atomic E-state index is 13.0. The number of aromatic nitrogens is 3. The number of nitrogens with one attached hydrogen (secondary N) is 1. The number of nitrogens with zero attached hydrogens (tertiary/aromatic N) is 4. The SMILES string of the molecule is C=CCn1c(SCC(=O)Nc2ccc(Cl)c(S(=O)(=O)N3CCOCC3)c2)nnc1C1CC1. The van der Waals surface area contributed by atoms with Crippen molar-refractivity contribution < 1.29 is 17.9 Å². The molecule has 2 aliphatic rings. The summed E-state index contributed by atoms with van der Waals surface area (Å²) in [5.41, 5.74) is 0.359. The zero-order valence-electron chi connectivity index (χ0n) is 17.4. The van der Waals surface area contributed by atoms with Gasteiger partial charge in [0, 0.05) is 31.2 Å². The van der Waals surface area contributed by atoms with Gasteiger partial charge in [-0.1, -0.05) is 29.4 Å². The number of carbonyl (C=O) groups is 1. The second-order valence-electron chi connectivity index (χ2n) is 7.51. The van der Waals surface area contributed by atoms with Crippen LogP contribution in [-0.4, -0.2) is 65.5 Å². The van der Waals surface area contributed by atoms with Gasteiger partial charge in [0.1, 0.15) is 10.7 Å². The Morgan fingerprint density at radius 1 is 1.31 bits per heavy atom. The van der Waals surface area contributed by atoms with Crippen LogP contribution in [0.2, 0.25) is 5.02 Å². The van der Waals surface area contributed by atoms with Crippen LogP contribution < -0.4 is 5.32 Å². The summed E-state index contributed by atoms with van der Waals surface area (Å²) in [7, 11) is -3.78. The number of carbonyl (C=O) groups excluding carboxylic acids is 1. The molecule has 0 unspecified atom stereocenters. The third-order valence-electron chi connectivity index (χ3n) is 5.13. The summed E-state index contributed by atoms with van der Waals surface area (Å²) in [6, 6.07) is 4.44. The zero-order valence-corrected chi connectivity index (χ0v) is 19.8. The van der Waals surface area contributed by atoms with Gasteiger partial charge in [0.15, 0.2) is 5.16 Å². The van der Waals surface area contributed by atoms with E-state index < -0.39 is 10.0 Å². The first-order valence-electron chi connectivity index (χ1n) is 10.2. The quantitative estimate of drug-likeness (QED) is 0.419. The molecule has 1 saturated heterocycles. The molecule has 0 radical (unpaired) electrons. The largest absolute Gasteiger partial charge is 0.379 e. The number of anilines is 1. The summed E-state index contributed by atoms with van der Waals surface area (Å²) < 4.78 is 34.5. The lowest BCUT2D eigenvalue weighted by molar-refractivity contribution is -0.113. The molecule has 9 nitrogen and oxygen atoms in total. The monoisotopic (exact) mass is 497 g/mol. The average Bonchev–Trinajstić information content (AvgIpc) is 3.55. The molecule has 2 heterocycles. The summed E-state index contributed by atoms with van der Waals surface area (Å²) in [5, 5.41) is 12.0. The molecule has 1 aromatic carbocycles. The van der Waals surface area contributed by atoms with Crippen molar-refractivity contribution in [1.82, 2.24) is 19.1 Å². The molecule has 1 amide bonds. The van der Waals surface area contributed by atoms with Crippen molar-refractivity contribution in [3.63, 3.8) is 0 Å². The first-order chi connectivity index (χ1) is 15.4. The molecular formula is C20H24ClN5O4S2. The number of amides is 1. The third kappa shape index (κ3) is 5.18. The van der Waals surface area contributed by atoms with Gasteiger partial charge in [-0.3, -0.25) is 4.79 Å². The van der Waals surface area contributed by atoms with E-state index in [4.69, 9.17) is 16.3 Å². The van der Waals surface area contributed by atoms with E-state index in [2.05, 4.69) is 22.1 Å². The van der Waals surface area contributed by atoms with Crippen LogP contribution in [0, 0.1) is 0 Å².